The number of hydrogen-bond acceptors (Lipinski definition) is 5. The molecule has 3 rings (SSSR count). The van der Waals surface area contributed by atoms with Gasteiger partial charge in [0.05, 0.1) is 13.7 Å². The fourth-order valence-electron chi connectivity index (χ4n) is 3.97. The molecular weight excluding hydrogens is 418 g/mol. The molecule has 7 nitrogen and oxygen atoms in total. The zero-order valence-corrected chi connectivity index (χ0v) is 20.4. The standard InChI is InChI=1S/C26H33N3O4/c1-25(2,3)19-10-16(11-20(22(19)31)26(4,5)6)21(30)14-29-13-15-8-9-17(28-24(32)33-7)12-18(15)23(29)27/h8-12,27,31H,13-14H2,1-7H3,(H,28,32). The number of phenols is 1. The number of ether oxygens (including phenoxy) is 1. The summed E-state index contributed by atoms with van der Waals surface area (Å²) in [6.45, 7) is 12.5. The fourth-order valence-corrected chi connectivity index (χ4v) is 3.97. The average Bonchev–Trinajstić information content (AvgIpc) is 3.01. The van der Waals surface area contributed by atoms with Crippen molar-refractivity contribution in [2.45, 2.75) is 58.9 Å². The molecule has 2 aromatic carbocycles. The van der Waals surface area contributed by atoms with Crippen LogP contribution in [-0.2, 0) is 22.1 Å². The monoisotopic (exact) mass is 451 g/mol. The molecule has 1 heterocycles. The molecule has 0 aliphatic carbocycles. The van der Waals surface area contributed by atoms with E-state index in [1.54, 1.807) is 29.2 Å². The third-order valence-electron chi connectivity index (χ3n) is 5.86. The number of phenolic OH excluding ortho intramolecular Hbond substituents is 1. The van der Waals surface area contributed by atoms with Crippen LogP contribution >= 0.6 is 0 Å². The molecule has 0 bridgehead atoms. The van der Waals surface area contributed by atoms with E-state index in [9.17, 15) is 14.7 Å². The molecule has 0 spiro atoms. The molecule has 33 heavy (non-hydrogen) atoms. The largest absolute Gasteiger partial charge is 0.507 e. The van der Waals surface area contributed by atoms with Crippen LogP contribution in [0.3, 0.4) is 0 Å². The molecule has 2 aromatic rings. The van der Waals surface area contributed by atoms with E-state index in [0.717, 1.165) is 16.7 Å². The van der Waals surface area contributed by atoms with Crippen LogP contribution in [0.1, 0.15) is 74.2 Å². The summed E-state index contributed by atoms with van der Waals surface area (Å²) in [6, 6.07) is 8.86. The number of anilines is 1. The lowest BCUT2D eigenvalue weighted by molar-refractivity contribution is 0.0962. The Bertz CT molecular complexity index is 1090. The Balaban J connectivity index is 1.88. The highest BCUT2D eigenvalue weighted by atomic mass is 16.5. The first-order valence-electron chi connectivity index (χ1n) is 11.0. The average molecular weight is 452 g/mol. The minimum Gasteiger partial charge on any atom is -0.507 e. The second-order valence-electron chi connectivity index (χ2n) is 10.5. The van der Waals surface area contributed by atoms with Gasteiger partial charge in [-0.15, -0.1) is 0 Å². The van der Waals surface area contributed by atoms with Gasteiger partial charge in [-0.2, -0.15) is 0 Å². The van der Waals surface area contributed by atoms with Gasteiger partial charge in [0.2, 0.25) is 0 Å². The number of methoxy groups -OCH3 is 1. The van der Waals surface area contributed by atoms with Gasteiger partial charge in [0.15, 0.2) is 5.78 Å². The van der Waals surface area contributed by atoms with Crippen molar-refractivity contribution in [3.05, 3.63) is 58.1 Å². The van der Waals surface area contributed by atoms with E-state index in [2.05, 4.69) is 10.1 Å². The number of ketones is 1. The highest BCUT2D eigenvalue weighted by molar-refractivity contribution is 6.06. The number of carbonyl (C=O) groups is 2. The Morgan fingerprint density at radius 3 is 2.15 bits per heavy atom. The number of Topliss-reactive ketones (excluding diaryl/α,β-unsaturated/α-hetero) is 1. The zero-order valence-electron chi connectivity index (χ0n) is 20.4. The summed E-state index contributed by atoms with van der Waals surface area (Å²) in [5.74, 6) is 0.354. The molecule has 0 unspecified atom stereocenters. The smallest absolute Gasteiger partial charge is 0.411 e. The predicted molar refractivity (Wildman–Crippen MR) is 130 cm³/mol. The lowest BCUT2D eigenvalue weighted by atomic mass is 9.78. The van der Waals surface area contributed by atoms with Gasteiger partial charge in [-0.05, 0) is 40.7 Å². The van der Waals surface area contributed by atoms with E-state index < -0.39 is 6.09 Å². The summed E-state index contributed by atoms with van der Waals surface area (Å²) in [4.78, 5) is 26.5. The summed E-state index contributed by atoms with van der Waals surface area (Å²) in [5.41, 5.74) is 3.45. The van der Waals surface area contributed by atoms with Crippen LogP contribution in [-0.4, -0.2) is 41.4 Å². The Morgan fingerprint density at radius 1 is 1.06 bits per heavy atom. The maximum Gasteiger partial charge on any atom is 0.411 e. The van der Waals surface area contributed by atoms with E-state index in [0.29, 0.717) is 23.4 Å². The minimum absolute atomic E-state index is 0.0468. The maximum atomic E-state index is 13.3. The minimum atomic E-state index is -0.580. The van der Waals surface area contributed by atoms with Gasteiger partial charge in [-0.25, -0.2) is 4.79 Å². The fraction of sp³-hybridized carbons (Fsp3) is 0.423. The van der Waals surface area contributed by atoms with Crippen molar-refractivity contribution in [3.8, 4) is 5.75 Å². The summed E-state index contributed by atoms with van der Waals surface area (Å²) in [5, 5.41) is 22.1. The molecular formula is C26H33N3O4. The Kier molecular flexibility index (Phi) is 6.29. The van der Waals surface area contributed by atoms with E-state index in [1.807, 2.05) is 47.6 Å². The number of hydrogen-bond donors (Lipinski definition) is 3. The van der Waals surface area contributed by atoms with Gasteiger partial charge in [-0.1, -0.05) is 47.6 Å². The normalized spacial score (nSPS) is 13.7. The third kappa shape index (κ3) is 5.02. The van der Waals surface area contributed by atoms with E-state index in [4.69, 9.17) is 5.41 Å². The van der Waals surface area contributed by atoms with Crippen LogP contribution < -0.4 is 5.32 Å². The van der Waals surface area contributed by atoms with Gasteiger partial charge in [0.1, 0.15) is 11.6 Å². The summed E-state index contributed by atoms with van der Waals surface area (Å²) >= 11 is 0. The zero-order chi connectivity index (χ0) is 24.7. The number of fused-ring (bicyclic) bond motifs is 1. The molecule has 1 amide bonds. The number of amides is 1. The van der Waals surface area contributed by atoms with Crippen molar-refractivity contribution >= 4 is 23.4 Å². The highest BCUT2D eigenvalue weighted by Crippen LogP contribution is 2.40. The third-order valence-corrected chi connectivity index (χ3v) is 5.86. The van der Waals surface area contributed by atoms with Gasteiger partial charge in [-0.3, -0.25) is 15.5 Å². The topological polar surface area (TPSA) is 103 Å². The van der Waals surface area contributed by atoms with Crippen LogP contribution in [0.5, 0.6) is 5.75 Å². The second-order valence-corrected chi connectivity index (χ2v) is 10.5. The number of amidine groups is 1. The molecule has 0 saturated carbocycles. The lowest BCUT2D eigenvalue weighted by Crippen LogP contribution is -2.30. The van der Waals surface area contributed by atoms with E-state index in [-0.39, 0.29) is 34.7 Å². The van der Waals surface area contributed by atoms with E-state index >= 15 is 0 Å². The Morgan fingerprint density at radius 2 is 1.64 bits per heavy atom. The van der Waals surface area contributed by atoms with Gasteiger partial charge in [0, 0.05) is 34.5 Å². The van der Waals surface area contributed by atoms with Crippen molar-refractivity contribution in [2.24, 2.45) is 0 Å². The van der Waals surface area contributed by atoms with Crippen LogP contribution in [0.4, 0.5) is 10.5 Å². The number of benzene rings is 2. The lowest BCUT2D eigenvalue weighted by Gasteiger charge is -2.28. The molecule has 1 aliphatic rings. The van der Waals surface area contributed by atoms with Gasteiger partial charge < -0.3 is 14.7 Å². The molecule has 0 fully saturated rings. The summed E-state index contributed by atoms with van der Waals surface area (Å²) in [6.07, 6.45) is -0.580. The van der Waals surface area contributed by atoms with Crippen molar-refractivity contribution in [3.63, 3.8) is 0 Å². The molecule has 3 N–H and O–H groups in total. The second kappa shape index (κ2) is 8.54. The Hall–Kier alpha value is -3.35. The molecule has 176 valence electrons. The van der Waals surface area contributed by atoms with E-state index in [1.165, 1.54) is 7.11 Å². The van der Waals surface area contributed by atoms with Gasteiger partial charge in [0.25, 0.3) is 0 Å². The predicted octanol–water partition coefficient (Wildman–Crippen LogP) is 5.19. The van der Waals surface area contributed by atoms with Crippen molar-refractivity contribution in [1.29, 1.82) is 5.41 Å². The van der Waals surface area contributed by atoms with Crippen molar-refractivity contribution < 1.29 is 19.4 Å². The number of nitrogens with one attached hydrogen (secondary N) is 2. The number of carbonyl (C=O) groups excluding carboxylic acids is 2. The van der Waals surface area contributed by atoms with Crippen molar-refractivity contribution in [2.75, 3.05) is 19.0 Å². The van der Waals surface area contributed by atoms with Crippen LogP contribution in [0.25, 0.3) is 0 Å². The van der Waals surface area contributed by atoms with Crippen LogP contribution in [0, 0.1) is 5.41 Å². The number of rotatable bonds is 4. The quantitative estimate of drug-likeness (QED) is 0.555. The van der Waals surface area contributed by atoms with Crippen LogP contribution in [0.15, 0.2) is 30.3 Å². The SMILES string of the molecule is COC(=O)Nc1ccc2c(c1)C(=N)N(CC(=O)c1cc(C(C)(C)C)c(O)c(C(C)(C)C)c1)C2. The number of aromatic hydroxyl groups is 1. The van der Waals surface area contributed by atoms with Crippen LogP contribution in [0.2, 0.25) is 0 Å². The van der Waals surface area contributed by atoms with Crippen molar-refractivity contribution in [1.82, 2.24) is 4.90 Å². The maximum absolute atomic E-state index is 13.3. The Labute approximate surface area is 195 Å². The highest BCUT2D eigenvalue weighted by Gasteiger charge is 2.30. The first kappa shape index (κ1) is 24.3. The molecule has 0 aromatic heterocycles. The summed E-state index contributed by atoms with van der Waals surface area (Å²) < 4.78 is 4.62. The first-order chi connectivity index (χ1) is 15.2. The molecule has 0 radical (unpaired) electrons. The molecule has 7 heteroatoms. The molecule has 0 atom stereocenters. The molecule has 0 saturated heterocycles. The van der Waals surface area contributed by atoms with Gasteiger partial charge >= 0.3 is 6.09 Å². The molecule has 1 aliphatic heterocycles. The number of nitrogens with zero attached hydrogens (tertiary/aromatic N) is 1. The summed E-state index contributed by atoms with van der Waals surface area (Å²) in [7, 11) is 1.29. The first-order valence-corrected chi connectivity index (χ1v) is 11.0.